The number of unbranched alkanes of at least 4 members (excludes halogenated alkanes) is 2. The van der Waals surface area contributed by atoms with Crippen molar-refractivity contribution >= 4 is 11.9 Å². The molecule has 1 N–H and O–H groups in total. The van der Waals surface area contributed by atoms with E-state index in [2.05, 4.69) is 0 Å². The highest BCUT2D eigenvalue weighted by Gasteiger charge is 2.31. The van der Waals surface area contributed by atoms with E-state index in [0.717, 1.165) is 25.7 Å². The minimum Gasteiger partial charge on any atom is -0.478 e. The molecule has 1 rings (SSSR count). The van der Waals surface area contributed by atoms with Gasteiger partial charge < -0.3 is 19.3 Å². The molecular formula is C18H26O6. The molecule has 0 saturated heterocycles. The maximum Gasteiger partial charge on any atom is 0.342 e. The molecule has 6 nitrogen and oxygen atoms in total. The highest BCUT2D eigenvalue weighted by atomic mass is 16.9. The van der Waals surface area contributed by atoms with Gasteiger partial charge in [0.2, 0.25) is 0 Å². The van der Waals surface area contributed by atoms with Crippen LogP contribution in [0.3, 0.4) is 0 Å². The smallest absolute Gasteiger partial charge is 0.342 e. The lowest BCUT2D eigenvalue weighted by Crippen LogP contribution is -2.38. The molecule has 0 fully saturated rings. The Morgan fingerprint density at radius 1 is 1.04 bits per heavy atom. The Bertz CT molecular complexity index is 530. The first-order chi connectivity index (χ1) is 11.4. The number of carbonyl (C=O) groups is 2. The molecule has 134 valence electrons. The summed E-state index contributed by atoms with van der Waals surface area (Å²) >= 11 is 0. The molecule has 6 heteroatoms. The maximum atomic E-state index is 12.3. The fraction of sp³-hybridized carbons (Fsp3) is 0.556. The number of ether oxygens (including phenoxy) is 3. The lowest BCUT2D eigenvalue weighted by atomic mass is 10.1. The molecule has 0 spiro atoms. The first kappa shape index (κ1) is 20.1. The molecule has 0 amide bonds. The summed E-state index contributed by atoms with van der Waals surface area (Å²) in [6.07, 6.45) is 3.52. The summed E-state index contributed by atoms with van der Waals surface area (Å²) in [6.45, 7) is 6.42. The standard InChI is InChI=1S/C18H26O6/c1-4-6-11-22-18(3,23-12-7-5-2)24-17(21)15-10-8-9-14(13-15)16(19)20/h8-10,13H,4-7,11-12H2,1-3H3,(H,19,20). The van der Waals surface area contributed by atoms with Gasteiger partial charge in [0.15, 0.2) is 0 Å². The van der Waals surface area contributed by atoms with E-state index in [-0.39, 0.29) is 11.1 Å². The number of hydrogen-bond donors (Lipinski definition) is 1. The second kappa shape index (κ2) is 10.1. The normalized spacial score (nSPS) is 11.3. The molecule has 0 heterocycles. The van der Waals surface area contributed by atoms with Crippen LogP contribution in [0.1, 0.15) is 67.2 Å². The highest BCUT2D eigenvalue weighted by Crippen LogP contribution is 2.19. The molecular weight excluding hydrogens is 312 g/mol. The number of carboxylic acid groups (broad SMARTS) is 1. The number of hydrogen-bond acceptors (Lipinski definition) is 5. The monoisotopic (exact) mass is 338 g/mol. The van der Waals surface area contributed by atoms with E-state index >= 15 is 0 Å². The molecule has 1 aromatic rings. The van der Waals surface area contributed by atoms with E-state index in [4.69, 9.17) is 19.3 Å². The quantitative estimate of drug-likeness (QED) is 0.375. The molecule has 0 saturated carbocycles. The zero-order valence-electron chi connectivity index (χ0n) is 14.5. The number of carboxylic acids is 1. The number of esters is 1. The molecule has 0 unspecified atom stereocenters. The summed E-state index contributed by atoms with van der Waals surface area (Å²) in [7, 11) is 0. The summed E-state index contributed by atoms with van der Waals surface area (Å²) < 4.78 is 16.6. The molecule has 0 atom stereocenters. The zero-order valence-corrected chi connectivity index (χ0v) is 14.5. The SMILES string of the molecule is CCCCOC(C)(OCCCC)OC(=O)c1cccc(C(=O)O)c1. The first-order valence-corrected chi connectivity index (χ1v) is 8.26. The largest absolute Gasteiger partial charge is 0.478 e. The van der Waals surface area contributed by atoms with Crippen LogP contribution in [0.4, 0.5) is 0 Å². The third-order valence-corrected chi connectivity index (χ3v) is 3.35. The molecule has 0 aliphatic carbocycles. The average molecular weight is 338 g/mol. The van der Waals surface area contributed by atoms with E-state index in [9.17, 15) is 9.59 Å². The fourth-order valence-corrected chi connectivity index (χ4v) is 1.91. The van der Waals surface area contributed by atoms with Crippen molar-refractivity contribution in [2.45, 2.75) is 52.4 Å². The maximum absolute atomic E-state index is 12.3. The minimum absolute atomic E-state index is 0.0185. The van der Waals surface area contributed by atoms with E-state index in [1.165, 1.54) is 24.3 Å². The van der Waals surface area contributed by atoms with Crippen LogP contribution in [0.15, 0.2) is 24.3 Å². The Morgan fingerprint density at radius 2 is 1.58 bits per heavy atom. The van der Waals surface area contributed by atoms with Crippen molar-refractivity contribution in [3.8, 4) is 0 Å². The van der Waals surface area contributed by atoms with Crippen molar-refractivity contribution in [2.75, 3.05) is 13.2 Å². The Kier molecular flexibility index (Phi) is 8.43. The van der Waals surface area contributed by atoms with Gasteiger partial charge in [-0.2, -0.15) is 0 Å². The van der Waals surface area contributed by atoms with Crippen LogP contribution in [-0.4, -0.2) is 36.2 Å². The predicted molar refractivity (Wildman–Crippen MR) is 88.9 cm³/mol. The van der Waals surface area contributed by atoms with Crippen LogP contribution in [0.25, 0.3) is 0 Å². The molecule has 0 aliphatic rings. The van der Waals surface area contributed by atoms with Gasteiger partial charge in [-0.3, -0.25) is 0 Å². The van der Waals surface area contributed by atoms with Crippen LogP contribution in [0.5, 0.6) is 0 Å². The molecule has 1 aromatic carbocycles. The van der Waals surface area contributed by atoms with Gasteiger partial charge >= 0.3 is 17.9 Å². The van der Waals surface area contributed by atoms with Crippen LogP contribution in [-0.2, 0) is 14.2 Å². The summed E-state index contributed by atoms with van der Waals surface area (Å²) in [4.78, 5) is 23.3. The van der Waals surface area contributed by atoms with Gasteiger partial charge in [0, 0.05) is 6.92 Å². The second-order valence-corrected chi connectivity index (χ2v) is 5.54. The number of benzene rings is 1. The summed E-state index contributed by atoms with van der Waals surface area (Å²) in [5.74, 6) is -3.28. The third kappa shape index (κ3) is 6.68. The molecule has 0 bridgehead atoms. The minimum atomic E-state index is -1.49. The van der Waals surface area contributed by atoms with Crippen LogP contribution < -0.4 is 0 Å². The highest BCUT2D eigenvalue weighted by molar-refractivity contribution is 5.94. The Balaban J connectivity index is 2.81. The average Bonchev–Trinajstić information content (AvgIpc) is 2.55. The van der Waals surface area contributed by atoms with Crippen LogP contribution in [0.2, 0.25) is 0 Å². The van der Waals surface area contributed by atoms with Crippen molar-refractivity contribution in [1.29, 1.82) is 0 Å². The topological polar surface area (TPSA) is 82.1 Å². The van der Waals surface area contributed by atoms with E-state index in [1.807, 2.05) is 13.8 Å². The van der Waals surface area contributed by atoms with Crippen molar-refractivity contribution in [2.24, 2.45) is 0 Å². The van der Waals surface area contributed by atoms with Gasteiger partial charge in [0.05, 0.1) is 24.3 Å². The van der Waals surface area contributed by atoms with Crippen LogP contribution in [0, 0.1) is 0 Å². The fourth-order valence-electron chi connectivity index (χ4n) is 1.91. The molecule has 0 aromatic heterocycles. The first-order valence-electron chi connectivity index (χ1n) is 8.26. The van der Waals surface area contributed by atoms with Gasteiger partial charge in [0.1, 0.15) is 0 Å². The summed E-state index contributed by atoms with van der Waals surface area (Å²) in [6, 6.07) is 5.66. The van der Waals surface area contributed by atoms with Gasteiger partial charge in [-0.1, -0.05) is 32.8 Å². The molecule has 0 aliphatic heterocycles. The lowest BCUT2D eigenvalue weighted by molar-refractivity contribution is -0.344. The van der Waals surface area contributed by atoms with Crippen molar-refractivity contribution in [3.63, 3.8) is 0 Å². The van der Waals surface area contributed by atoms with Gasteiger partial charge in [-0.25, -0.2) is 9.59 Å². The van der Waals surface area contributed by atoms with E-state index < -0.39 is 17.9 Å². The Labute approximate surface area is 142 Å². The van der Waals surface area contributed by atoms with E-state index in [1.54, 1.807) is 6.92 Å². The number of carbonyl (C=O) groups excluding carboxylic acids is 1. The summed E-state index contributed by atoms with van der Waals surface area (Å²) in [5.41, 5.74) is 0.157. The van der Waals surface area contributed by atoms with Crippen molar-refractivity contribution < 1.29 is 28.9 Å². The zero-order chi connectivity index (χ0) is 18.0. The number of rotatable bonds is 11. The summed E-state index contributed by atoms with van der Waals surface area (Å²) in [5, 5.41) is 9.01. The molecule has 0 radical (unpaired) electrons. The Hall–Kier alpha value is -1.92. The van der Waals surface area contributed by atoms with Gasteiger partial charge in [-0.05, 0) is 31.0 Å². The van der Waals surface area contributed by atoms with Gasteiger partial charge in [0.25, 0.3) is 0 Å². The number of aromatic carboxylic acids is 1. The lowest BCUT2D eigenvalue weighted by Gasteiger charge is -2.29. The third-order valence-electron chi connectivity index (χ3n) is 3.35. The van der Waals surface area contributed by atoms with Crippen molar-refractivity contribution in [3.05, 3.63) is 35.4 Å². The van der Waals surface area contributed by atoms with Crippen molar-refractivity contribution in [1.82, 2.24) is 0 Å². The molecule has 24 heavy (non-hydrogen) atoms. The van der Waals surface area contributed by atoms with E-state index in [0.29, 0.717) is 13.2 Å². The van der Waals surface area contributed by atoms with Gasteiger partial charge in [-0.15, -0.1) is 0 Å². The Morgan fingerprint density at radius 3 is 2.08 bits per heavy atom. The predicted octanol–water partition coefficient (Wildman–Crippen LogP) is 3.85. The van der Waals surface area contributed by atoms with Crippen LogP contribution >= 0.6 is 0 Å². The second-order valence-electron chi connectivity index (χ2n) is 5.54.